The van der Waals surface area contributed by atoms with Crippen LogP contribution in [0, 0.1) is 0 Å². The first-order chi connectivity index (χ1) is 8.08. The summed E-state index contributed by atoms with van der Waals surface area (Å²) in [5.41, 5.74) is -0.791. The van der Waals surface area contributed by atoms with Crippen LogP contribution in [0.2, 0.25) is 0 Å². The zero-order valence-corrected chi connectivity index (χ0v) is 10.9. The van der Waals surface area contributed by atoms with Gasteiger partial charge in [-0.15, -0.1) is 0 Å². The summed E-state index contributed by atoms with van der Waals surface area (Å²) in [7, 11) is 0. The molecule has 5 nitrogen and oxygen atoms in total. The number of hydrogen-bond acceptors (Lipinski definition) is 4. The third-order valence-electron chi connectivity index (χ3n) is 3.29. The maximum Gasteiger partial charge on any atom is 0.323 e. The van der Waals surface area contributed by atoms with Crippen molar-refractivity contribution in [2.24, 2.45) is 0 Å². The van der Waals surface area contributed by atoms with E-state index in [1.165, 1.54) is 0 Å². The van der Waals surface area contributed by atoms with Gasteiger partial charge in [-0.25, -0.2) is 0 Å². The van der Waals surface area contributed by atoms with Crippen molar-refractivity contribution in [2.75, 3.05) is 39.4 Å². The van der Waals surface area contributed by atoms with Crippen LogP contribution in [0.3, 0.4) is 0 Å². The van der Waals surface area contributed by atoms with Gasteiger partial charge >= 0.3 is 5.97 Å². The van der Waals surface area contributed by atoms with Crippen molar-refractivity contribution in [3.63, 3.8) is 0 Å². The smallest absolute Gasteiger partial charge is 0.323 e. The summed E-state index contributed by atoms with van der Waals surface area (Å²) in [6, 6.07) is 0. The second-order valence-corrected chi connectivity index (χ2v) is 4.73. The molecule has 1 saturated heterocycles. The van der Waals surface area contributed by atoms with E-state index in [4.69, 9.17) is 4.74 Å². The van der Waals surface area contributed by atoms with Crippen molar-refractivity contribution >= 4 is 5.97 Å². The molecule has 0 aromatic heterocycles. The summed E-state index contributed by atoms with van der Waals surface area (Å²) in [4.78, 5) is 13.5. The zero-order valence-electron chi connectivity index (χ0n) is 10.9. The Balaban J connectivity index is 2.28. The average Bonchev–Trinajstić information content (AvgIpc) is 2.30. The van der Waals surface area contributed by atoms with Gasteiger partial charge in [0.15, 0.2) is 0 Å². The van der Waals surface area contributed by atoms with E-state index in [9.17, 15) is 9.90 Å². The lowest BCUT2D eigenvalue weighted by atomic mass is 9.95. The summed E-state index contributed by atoms with van der Waals surface area (Å²) in [5, 5.41) is 12.3. The number of carbonyl (C=O) groups is 1. The minimum atomic E-state index is -0.791. The Bertz CT molecular complexity index is 242. The van der Waals surface area contributed by atoms with Crippen molar-refractivity contribution in [1.29, 1.82) is 0 Å². The minimum absolute atomic E-state index is 0.660. The molecule has 0 saturated carbocycles. The predicted molar refractivity (Wildman–Crippen MR) is 66.2 cm³/mol. The number of likely N-dealkylation sites (N-methyl/N-ethyl adjacent to an activating group) is 1. The van der Waals surface area contributed by atoms with Crippen LogP contribution in [-0.4, -0.2) is 60.9 Å². The molecule has 100 valence electrons. The van der Waals surface area contributed by atoms with Gasteiger partial charge in [0.1, 0.15) is 5.54 Å². The molecule has 1 fully saturated rings. The molecule has 0 amide bonds. The van der Waals surface area contributed by atoms with Gasteiger partial charge in [-0.3, -0.25) is 9.69 Å². The molecule has 1 aliphatic rings. The molecule has 1 atom stereocenters. The van der Waals surface area contributed by atoms with E-state index in [1.807, 2.05) is 6.92 Å². The molecule has 0 aromatic carbocycles. The Morgan fingerprint density at radius 3 is 2.65 bits per heavy atom. The van der Waals surface area contributed by atoms with Gasteiger partial charge in [0.05, 0.1) is 13.2 Å². The van der Waals surface area contributed by atoms with Crippen LogP contribution in [0.25, 0.3) is 0 Å². The fraction of sp³-hybridized carbons (Fsp3) is 0.917. The summed E-state index contributed by atoms with van der Waals surface area (Å²) >= 11 is 0. The number of hydrogen-bond donors (Lipinski definition) is 2. The van der Waals surface area contributed by atoms with Crippen LogP contribution in [0.15, 0.2) is 0 Å². The van der Waals surface area contributed by atoms with Gasteiger partial charge in [-0.1, -0.05) is 6.92 Å². The molecule has 0 spiro atoms. The van der Waals surface area contributed by atoms with Gasteiger partial charge in [0, 0.05) is 13.1 Å². The molecule has 1 heterocycles. The lowest BCUT2D eigenvalue weighted by molar-refractivity contribution is -0.144. The lowest BCUT2D eigenvalue weighted by Gasteiger charge is -2.29. The molecule has 0 radical (unpaired) electrons. The first-order valence-corrected chi connectivity index (χ1v) is 6.37. The Morgan fingerprint density at radius 1 is 1.47 bits per heavy atom. The van der Waals surface area contributed by atoms with Crippen LogP contribution in [0.4, 0.5) is 0 Å². The second kappa shape index (κ2) is 6.93. The number of aliphatic carboxylic acids is 1. The summed E-state index contributed by atoms with van der Waals surface area (Å²) in [6.07, 6.45) is 1.56. The molecule has 1 unspecified atom stereocenters. The minimum Gasteiger partial charge on any atom is -0.480 e. The normalized spacial score (nSPS) is 21.1. The second-order valence-electron chi connectivity index (χ2n) is 4.73. The van der Waals surface area contributed by atoms with E-state index in [2.05, 4.69) is 10.2 Å². The maximum atomic E-state index is 11.2. The van der Waals surface area contributed by atoms with Crippen molar-refractivity contribution in [2.45, 2.75) is 32.2 Å². The standard InChI is InChI=1S/C12H24N2O3/c1-3-13-12(2,11(15)16)5-4-6-14-7-9-17-10-8-14/h13H,3-10H2,1-2H3,(H,15,16). The zero-order chi connectivity index (χ0) is 12.7. The molecule has 0 aromatic rings. The topological polar surface area (TPSA) is 61.8 Å². The van der Waals surface area contributed by atoms with E-state index in [0.29, 0.717) is 13.0 Å². The van der Waals surface area contributed by atoms with Crippen molar-refractivity contribution in [3.8, 4) is 0 Å². The van der Waals surface area contributed by atoms with Crippen LogP contribution >= 0.6 is 0 Å². The molecule has 2 N–H and O–H groups in total. The number of carboxylic acids is 1. The highest BCUT2D eigenvalue weighted by Gasteiger charge is 2.31. The van der Waals surface area contributed by atoms with Crippen LogP contribution < -0.4 is 5.32 Å². The number of nitrogens with zero attached hydrogens (tertiary/aromatic N) is 1. The highest BCUT2D eigenvalue weighted by molar-refractivity contribution is 5.78. The summed E-state index contributed by atoms with van der Waals surface area (Å²) in [6.45, 7) is 8.85. The van der Waals surface area contributed by atoms with Gasteiger partial charge < -0.3 is 15.2 Å². The van der Waals surface area contributed by atoms with Gasteiger partial charge in [-0.2, -0.15) is 0 Å². The molecular weight excluding hydrogens is 220 g/mol. The summed E-state index contributed by atoms with van der Waals surface area (Å²) < 4.78 is 5.28. The SMILES string of the molecule is CCNC(C)(CCCN1CCOCC1)C(=O)O. The number of nitrogens with one attached hydrogen (secondary N) is 1. The predicted octanol–water partition coefficient (Wildman–Crippen LogP) is 0.552. The van der Waals surface area contributed by atoms with E-state index >= 15 is 0 Å². The molecule has 5 heteroatoms. The average molecular weight is 244 g/mol. The molecule has 0 aliphatic carbocycles. The van der Waals surface area contributed by atoms with E-state index < -0.39 is 11.5 Å². The van der Waals surface area contributed by atoms with Gasteiger partial charge in [-0.05, 0) is 32.9 Å². The number of rotatable bonds is 7. The third kappa shape index (κ3) is 4.61. The molecule has 1 rings (SSSR count). The molecule has 0 bridgehead atoms. The highest BCUT2D eigenvalue weighted by atomic mass is 16.5. The number of ether oxygens (including phenoxy) is 1. The highest BCUT2D eigenvalue weighted by Crippen LogP contribution is 2.13. The third-order valence-corrected chi connectivity index (χ3v) is 3.29. The van der Waals surface area contributed by atoms with Crippen LogP contribution in [0.5, 0.6) is 0 Å². The Morgan fingerprint density at radius 2 is 2.12 bits per heavy atom. The lowest BCUT2D eigenvalue weighted by Crippen LogP contribution is -2.50. The number of morpholine rings is 1. The van der Waals surface area contributed by atoms with Gasteiger partial charge in [0.2, 0.25) is 0 Å². The van der Waals surface area contributed by atoms with Crippen LogP contribution in [-0.2, 0) is 9.53 Å². The molecule has 17 heavy (non-hydrogen) atoms. The largest absolute Gasteiger partial charge is 0.480 e. The van der Waals surface area contributed by atoms with Gasteiger partial charge in [0.25, 0.3) is 0 Å². The Kier molecular flexibility index (Phi) is 5.88. The van der Waals surface area contributed by atoms with E-state index in [0.717, 1.165) is 39.3 Å². The fourth-order valence-corrected chi connectivity index (χ4v) is 2.14. The first-order valence-electron chi connectivity index (χ1n) is 6.37. The van der Waals surface area contributed by atoms with E-state index in [-0.39, 0.29) is 0 Å². The monoisotopic (exact) mass is 244 g/mol. The first kappa shape index (κ1) is 14.4. The number of carboxylic acid groups (broad SMARTS) is 1. The van der Waals surface area contributed by atoms with Crippen molar-refractivity contribution < 1.29 is 14.6 Å². The Hall–Kier alpha value is -0.650. The quantitative estimate of drug-likeness (QED) is 0.685. The fourth-order valence-electron chi connectivity index (χ4n) is 2.14. The van der Waals surface area contributed by atoms with Crippen molar-refractivity contribution in [3.05, 3.63) is 0 Å². The molecule has 1 aliphatic heterocycles. The van der Waals surface area contributed by atoms with Crippen LogP contribution in [0.1, 0.15) is 26.7 Å². The summed E-state index contributed by atoms with van der Waals surface area (Å²) in [5.74, 6) is -0.763. The Labute approximate surface area is 103 Å². The maximum absolute atomic E-state index is 11.2. The molecular formula is C12H24N2O3. The van der Waals surface area contributed by atoms with Crippen molar-refractivity contribution in [1.82, 2.24) is 10.2 Å². The van der Waals surface area contributed by atoms with E-state index in [1.54, 1.807) is 6.92 Å².